The number of aryl methyl sites for hydroxylation is 1. The van der Waals surface area contributed by atoms with E-state index in [1.54, 1.807) is 12.1 Å². The second kappa shape index (κ2) is 9.34. The van der Waals surface area contributed by atoms with Crippen molar-refractivity contribution in [2.75, 3.05) is 0 Å². The maximum absolute atomic E-state index is 10.5. The molecule has 0 heterocycles. The van der Waals surface area contributed by atoms with E-state index in [1.165, 1.54) is 32.1 Å². The number of rotatable bonds is 9. The minimum absolute atomic E-state index is 0.317. The minimum atomic E-state index is -2.30. The van der Waals surface area contributed by atoms with Gasteiger partial charge in [-0.2, -0.15) is 4.21 Å². The molecule has 1 unspecified atom stereocenters. The van der Waals surface area contributed by atoms with Gasteiger partial charge in [0, 0.05) is 11.1 Å². The first-order valence-electron chi connectivity index (χ1n) is 6.71. The molecule has 1 rings (SSSR count). The molecule has 1 aromatic carbocycles. The Bertz CT molecular complexity index is 410. The van der Waals surface area contributed by atoms with Crippen LogP contribution < -0.4 is 4.18 Å². The van der Waals surface area contributed by atoms with Crippen LogP contribution in [0.25, 0.3) is 0 Å². The van der Waals surface area contributed by atoms with Crippen LogP contribution in [-0.2, 0) is 17.8 Å². The van der Waals surface area contributed by atoms with Crippen LogP contribution in [0.2, 0.25) is 5.02 Å². The van der Waals surface area contributed by atoms with Crippen molar-refractivity contribution in [3.05, 3.63) is 28.8 Å². The van der Waals surface area contributed by atoms with Crippen molar-refractivity contribution in [1.82, 2.24) is 0 Å². The van der Waals surface area contributed by atoms with Gasteiger partial charge in [-0.1, -0.05) is 56.7 Å². The van der Waals surface area contributed by atoms with Gasteiger partial charge < -0.3 is 4.18 Å². The zero-order valence-corrected chi connectivity index (χ0v) is 12.8. The quantitative estimate of drug-likeness (QED) is 0.528. The van der Waals surface area contributed by atoms with Crippen LogP contribution >= 0.6 is 11.6 Å². The standard InChI is InChI=1S/C14H21ClO3S/c1-2-3-4-5-6-7-8-12-9-10-13(11-14(12)15)18-19(16)17/h9-11H,2-8H2,1H3,(H,16,17). The molecule has 0 radical (unpaired) electrons. The molecular weight excluding hydrogens is 284 g/mol. The molecule has 3 nitrogen and oxygen atoms in total. The molecule has 0 saturated heterocycles. The molecule has 108 valence electrons. The van der Waals surface area contributed by atoms with E-state index in [2.05, 4.69) is 11.1 Å². The van der Waals surface area contributed by atoms with Crippen molar-refractivity contribution >= 4 is 23.0 Å². The lowest BCUT2D eigenvalue weighted by atomic mass is 10.0. The van der Waals surface area contributed by atoms with E-state index < -0.39 is 11.4 Å². The number of hydrogen-bond donors (Lipinski definition) is 1. The highest BCUT2D eigenvalue weighted by molar-refractivity contribution is 7.74. The van der Waals surface area contributed by atoms with Crippen LogP contribution in [0.15, 0.2) is 18.2 Å². The first kappa shape index (κ1) is 16.5. The summed E-state index contributed by atoms with van der Waals surface area (Å²) in [5, 5.41) is 0.594. The second-order valence-corrected chi connectivity index (χ2v) is 5.58. The summed E-state index contributed by atoms with van der Waals surface area (Å²) in [5.41, 5.74) is 1.06. The maximum Gasteiger partial charge on any atom is 0.357 e. The van der Waals surface area contributed by atoms with Gasteiger partial charge in [-0.3, -0.25) is 4.55 Å². The summed E-state index contributed by atoms with van der Waals surface area (Å²) in [6.45, 7) is 2.21. The molecule has 0 amide bonds. The average Bonchev–Trinajstić information content (AvgIpc) is 2.35. The summed E-state index contributed by atoms with van der Waals surface area (Å²) in [6.07, 6.45) is 8.43. The Labute approximate surface area is 122 Å². The molecule has 0 aliphatic carbocycles. The van der Waals surface area contributed by atoms with E-state index in [0.29, 0.717) is 10.8 Å². The number of unbranched alkanes of at least 4 members (excludes halogenated alkanes) is 5. The van der Waals surface area contributed by atoms with Gasteiger partial charge in [-0.05, 0) is 24.5 Å². The lowest BCUT2D eigenvalue weighted by Crippen LogP contribution is -1.98. The van der Waals surface area contributed by atoms with Crippen molar-refractivity contribution in [3.63, 3.8) is 0 Å². The Morgan fingerprint density at radius 2 is 1.89 bits per heavy atom. The largest absolute Gasteiger partial charge is 0.380 e. The number of hydrogen-bond acceptors (Lipinski definition) is 2. The van der Waals surface area contributed by atoms with Gasteiger partial charge in [0.1, 0.15) is 5.75 Å². The SMILES string of the molecule is CCCCCCCCc1ccc(OS(=O)O)cc1Cl. The van der Waals surface area contributed by atoms with E-state index in [4.69, 9.17) is 16.2 Å². The minimum Gasteiger partial charge on any atom is -0.380 e. The molecule has 0 aromatic heterocycles. The topological polar surface area (TPSA) is 46.5 Å². The molecular formula is C14H21ClO3S. The van der Waals surface area contributed by atoms with E-state index in [9.17, 15) is 4.21 Å². The summed E-state index contributed by atoms with van der Waals surface area (Å²) in [5.74, 6) is 0.317. The first-order chi connectivity index (χ1) is 9.13. The Morgan fingerprint density at radius 3 is 2.53 bits per heavy atom. The van der Waals surface area contributed by atoms with Crippen molar-refractivity contribution in [2.45, 2.75) is 51.9 Å². The van der Waals surface area contributed by atoms with E-state index in [-0.39, 0.29) is 0 Å². The van der Waals surface area contributed by atoms with Gasteiger partial charge in [-0.25, -0.2) is 0 Å². The third-order valence-electron chi connectivity index (χ3n) is 2.99. The highest BCUT2D eigenvalue weighted by Gasteiger charge is 2.05. The molecule has 1 atom stereocenters. The van der Waals surface area contributed by atoms with Crippen molar-refractivity contribution in [2.24, 2.45) is 0 Å². The Kier molecular flexibility index (Phi) is 8.10. The number of benzene rings is 1. The molecule has 0 spiro atoms. The Hall–Kier alpha value is -0.580. The summed E-state index contributed by atoms with van der Waals surface area (Å²) in [4.78, 5) is 0. The summed E-state index contributed by atoms with van der Waals surface area (Å²) >= 11 is 3.81. The van der Waals surface area contributed by atoms with E-state index in [1.807, 2.05) is 6.07 Å². The van der Waals surface area contributed by atoms with Gasteiger partial charge in [-0.15, -0.1) is 0 Å². The molecule has 1 aromatic rings. The zero-order chi connectivity index (χ0) is 14.1. The molecule has 0 aliphatic rings. The van der Waals surface area contributed by atoms with E-state index >= 15 is 0 Å². The predicted octanol–water partition coefficient (Wildman–Crippen LogP) is 4.76. The molecule has 5 heteroatoms. The van der Waals surface area contributed by atoms with Gasteiger partial charge in [0.25, 0.3) is 0 Å². The van der Waals surface area contributed by atoms with Crippen LogP contribution in [-0.4, -0.2) is 8.76 Å². The lowest BCUT2D eigenvalue weighted by molar-refractivity contribution is 0.458. The van der Waals surface area contributed by atoms with Crippen LogP contribution in [0.1, 0.15) is 51.0 Å². The molecule has 0 aliphatic heterocycles. The van der Waals surface area contributed by atoms with Crippen molar-refractivity contribution < 1.29 is 12.9 Å². The third kappa shape index (κ3) is 6.95. The fourth-order valence-electron chi connectivity index (χ4n) is 1.96. The van der Waals surface area contributed by atoms with Crippen LogP contribution in [0.3, 0.4) is 0 Å². The molecule has 0 bridgehead atoms. The Morgan fingerprint density at radius 1 is 1.21 bits per heavy atom. The van der Waals surface area contributed by atoms with Gasteiger partial charge in [0.05, 0.1) is 0 Å². The maximum atomic E-state index is 10.5. The third-order valence-corrected chi connectivity index (χ3v) is 3.68. The normalized spacial score (nSPS) is 12.4. The van der Waals surface area contributed by atoms with Gasteiger partial charge in [0.15, 0.2) is 0 Å². The monoisotopic (exact) mass is 304 g/mol. The van der Waals surface area contributed by atoms with Gasteiger partial charge in [0.2, 0.25) is 0 Å². The molecule has 19 heavy (non-hydrogen) atoms. The fourth-order valence-corrected chi connectivity index (χ4v) is 2.49. The highest BCUT2D eigenvalue weighted by atomic mass is 35.5. The van der Waals surface area contributed by atoms with Crippen molar-refractivity contribution in [1.29, 1.82) is 0 Å². The van der Waals surface area contributed by atoms with Crippen LogP contribution in [0.5, 0.6) is 5.75 Å². The van der Waals surface area contributed by atoms with Crippen molar-refractivity contribution in [3.8, 4) is 5.75 Å². The van der Waals surface area contributed by atoms with Crippen LogP contribution in [0.4, 0.5) is 0 Å². The van der Waals surface area contributed by atoms with Crippen LogP contribution in [0, 0.1) is 0 Å². The summed E-state index contributed by atoms with van der Waals surface area (Å²) in [6, 6.07) is 5.12. The van der Waals surface area contributed by atoms with E-state index in [0.717, 1.165) is 18.4 Å². The lowest BCUT2D eigenvalue weighted by Gasteiger charge is -2.06. The number of halogens is 1. The molecule has 1 N–H and O–H groups in total. The highest BCUT2D eigenvalue weighted by Crippen LogP contribution is 2.24. The average molecular weight is 305 g/mol. The van der Waals surface area contributed by atoms with Gasteiger partial charge >= 0.3 is 11.4 Å². The summed E-state index contributed by atoms with van der Waals surface area (Å²) < 4.78 is 23.8. The smallest absolute Gasteiger partial charge is 0.357 e. The first-order valence-corrected chi connectivity index (χ1v) is 8.12. The predicted molar refractivity (Wildman–Crippen MR) is 79.9 cm³/mol. The molecule has 0 saturated carbocycles. The summed E-state index contributed by atoms with van der Waals surface area (Å²) in [7, 11) is 0. The molecule has 0 fully saturated rings. The zero-order valence-electron chi connectivity index (χ0n) is 11.2. The Balaban J connectivity index is 2.36. The second-order valence-electron chi connectivity index (χ2n) is 4.57. The fraction of sp³-hybridized carbons (Fsp3) is 0.571.